The van der Waals surface area contributed by atoms with E-state index in [0.29, 0.717) is 10.2 Å². The molecule has 0 amide bonds. The zero-order valence-electron chi connectivity index (χ0n) is 12.8. The number of nitrogens with two attached hydrogens (primary N) is 1. The third-order valence-electron chi connectivity index (χ3n) is 3.86. The number of nitrogens with zero attached hydrogens (tertiary/aromatic N) is 4. The van der Waals surface area contributed by atoms with Crippen molar-refractivity contribution >= 4 is 37.2 Å². The van der Waals surface area contributed by atoms with Crippen LogP contribution in [-0.4, -0.2) is 64.0 Å². The number of hydrogen-bond acceptors (Lipinski definition) is 9. The van der Waals surface area contributed by atoms with Gasteiger partial charge in [0.1, 0.15) is 28.5 Å². The Morgan fingerprint density at radius 2 is 2.12 bits per heavy atom. The normalized spacial score (nSPS) is 27.2. The number of phosphoric acid groups is 1. The molecule has 0 radical (unpaired) electrons. The maximum absolute atomic E-state index is 10.8. The van der Waals surface area contributed by atoms with Gasteiger partial charge in [0.2, 0.25) is 5.95 Å². The smallest absolute Gasteiger partial charge is 0.387 e. The first-order valence-corrected chi connectivity index (χ1v) is 8.94. The van der Waals surface area contributed by atoms with E-state index >= 15 is 0 Å². The van der Waals surface area contributed by atoms with Crippen LogP contribution in [0.5, 0.6) is 0 Å². The number of ether oxygens (including phenoxy) is 1. The molecule has 1 fully saturated rings. The molecule has 1 aliphatic heterocycles. The lowest BCUT2D eigenvalue weighted by Crippen LogP contribution is -2.33. The highest BCUT2D eigenvalue weighted by molar-refractivity contribution is 7.71. The number of hydrogen-bond donors (Lipinski definition) is 5. The van der Waals surface area contributed by atoms with E-state index in [4.69, 9.17) is 32.5 Å². The van der Waals surface area contributed by atoms with Gasteiger partial charge < -0.3 is 35.0 Å². The van der Waals surface area contributed by atoms with E-state index < -0.39 is 39.0 Å². The summed E-state index contributed by atoms with van der Waals surface area (Å²) in [6.07, 6.45) is -3.80. The Kier molecular flexibility index (Phi) is 4.68. The van der Waals surface area contributed by atoms with E-state index in [0.717, 1.165) is 0 Å². The summed E-state index contributed by atoms with van der Waals surface area (Å²) in [4.78, 5) is 25.8. The lowest BCUT2D eigenvalue weighted by molar-refractivity contribution is -0.0503. The highest BCUT2D eigenvalue weighted by Gasteiger charge is 2.45. The summed E-state index contributed by atoms with van der Waals surface area (Å²) in [5.74, 6) is 0.119. The second-order valence-corrected chi connectivity index (χ2v) is 7.12. The van der Waals surface area contributed by atoms with E-state index in [1.807, 2.05) is 0 Å². The first kappa shape index (κ1) is 18.4. The van der Waals surface area contributed by atoms with Gasteiger partial charge in [0.25, 0.3) is 0 Å². The van der Waals surface area contributed by atoms with Gasteiger partial charge in [0.15, 0.2) is 11.9 Å². The van der Waals surface area contributed by atoms with Gasteiger partial charge in [-0.1, -0.05) is 12.2 Å². The minimum absolute atomic E-state index is 0.119. The van der Waals surface area contributed by atoms with Crippen molar-refractivity contribution in [3.8, 4) is 0 Å². The average molecular weight is 393 g/mol. The van der Waals surface area contributed by atoms with Crippen molar-refractivity contribution in [3.05, 3.63) is 11.0 Å². The van der Waals surface area contributed by atoms with Crippen LogP contribution in [0.2, 0.25) is 0 Å². The highest BCUT2D eigenvalue weighted by Crippen LogP contribution is 2.38. The molecule has 14 heteroatoms. The molecule has 3 heterocycles. The van der Waals surface area contributed by atoms with Crippen molar-refractivity contribution in [2.24, 2.45) is 7.05 Å². The highest BCUT2D eigenvalue weighted by atomic mass is 32.1. The van der Waals surface area contributed by atoms with Gasteiger partial charge in [0.05, 0.1) is 12.9 Å². The fraction of sp³-hybridized carbons (Fsp3) is 0.545. The van der Waals surface area contributed by atoms with Gasteiger partial charge in [-0.15, -0.1) is 0 Å². The zero-order chi connectivity index (χ0) is 18.5. The predicted molar refractivity (Wildman–Crippen MR) is 85.7 cm³/mol. The third kappa shape index (κ3) is 3.32. The molecule has 2 unspecified atom stereocenters. The number of rotatable bonds is 4. The Morgan fingerprint density at radius 3 is 2.76 bits per heavy atom. The van der Waals surface area contributed by atoms with Crippen molar-refractivity contribution in [1.82, 2.24) is 19.1 Å². The molecular weight excluding hydrogens is 377 g/mol. The number of fused-ring (bicyclic) bond motifs is 1. The molecule has 4 atom stereocenters. The lowest BCUT2D eigenvalue weighted by atomic mass is 10.1. The number of aromatic nitrogens is 4. The Labute approximate surface area is 145 Å². The average Bonchev–Trinajstić information content (AvgIpc) is 3.05. The molecule has 6 N–H and O–H groups in total. The monoisotopic (exact) mass is 393 g/mol. The molecule has 25 heavy (non-hydrogen) atoms. The number of imidazole rings is 1. The molecule has 1 saturated heterocycles. The van der Waals surface area contributed by atoms with Crippen LogP contribution in [0.25, 0.3) is 11.2 Å². The molecular formula is C11H16N5O7PS. The van der Waals surface area contributed by atoms with Crippen molar-refractivity contribution in [3.63, 3.8) is 0 Å². The quantitative estimate of drug-likeness (QED) is 0.311. The van der Waals surface area contributed by atoms with Crippen molar-refractivity contribution in [2.45, 2.75) is 24.5 Å². The van der Waals surface area contributed by atoms with Crippen LogP contribution < -0.4 is 5.73 Å². The molecule has 0 bridgehead atoms. The lowest BCUT2D eigenvalue weighted by Gasteiger charge is -2.17. The molecule has 12 nitrogen and oxygen atoms in total. The molecule has 0 spiro atoms. The van der Waals surface area contributed by atoms with Gasteiger partial charge in [-0.3, -0.25) is 9.09 Å². The number of phosphoric ester groups is 1. The number of aliphatic hydroxyl groups is 2. The molecule has 0 aromatic carbocycles. The van der Waals surface area contributed by atoms with Crippen LogP contribution in [0.4, 0.5) is 5.95 Å². The zero-order valence-corrected chi connectivity index (χ0v) is 14.5. The first-order valence-electron chi connectivity index (χ1n) is 7.01. The molecule has 0 aliphatic carbocycles. The first-order chi connectivity index (χ1) is 11.6. The fourth-order valence-electron chi connectivity index (χ4n) is 2.52. The Hall–Kier alpha value is -1.44. The van der Waals surface area contributed by atoms with Gasteiger partial charge in [0, 0.05) is 7.05 Å². The summed E-state index contributed by atoms with van der Waals surface area (Å²) < 4.78 is 23.7. The van der Waals surface area contributed by atoms with Gasteiger partial charge in [-0.05, 0) is 0 Å². The van der Waals surface area contributed by atoms with Crippen molar-refractivity contribution < 1.29 is 33.8 Å². The molecule has 2 aromatic heterocycles. The van der Waals surface area contributed by atoms with Crippen LogP contribution in [0.3, 0.4) is 0 Å². The summed E-state index contributed by atoms with van der Waals surface area (Å²) >= 11 is 5.24. The Morgan fingerprint density at radius 1 is 1.44 bits per heavy atom. The van der Waals surface area contributed by atoms with Gasteiger partial charge in [-0.2, -0.15) is 4.98 Å². The SMILES string of the molecule is Cn1c(N)nc2c(ncn2[C@@H]2O[C@H](COP(=O)(O)O)C(O)C2O)c1=S. The van der Waals surface area contributed by atoms with E-state index in [1.54, 1.807) is 7.05 Å². The fourth-order valence-corrected chi connectivity index (χ4v) is 3.09. The minimum Gasteiger partial charge on any atom is -0.387 e. The third-order valence-corrected chi connectivity index (χ3v) is 4.81. The molecule has 1 aliphatic rings. The Balaban J connectivity index is 1.93. The second-order valence-electron chi connectivity index (χ2n) is 5.49. The second kappa shape index (κ2) is 6.37. The summed E-state index contributed by atoms with van der Waals surface area (Å²) in [5, 5.41) is 20.3. The summed E-state index contributed by atoms with van der Waals surface area (Å²) in [7, 11) is -3.11. The van der Waals surface area contributed by atoms with Crippen LogP contribution in [-0.2, 0) is 20.9 Å². The topological polar surface area (TPSA) is 178 Å². The molecule has 0 saturated carbocycles. The van der Waals surface area contributed by atoms with Gasteiger partial charge >= 0.3 is 7.82 Å². The van der Waals surface area contributed by atoms with Crippen LogP contribution in [0.15, 0.2) is 6.33 Å². The molecule has 3 rings (SSSR count). The standard InChI is InChI=1S/C11H16N5O7PS/c1-15-10(25)5-8(14-11(15)12)16(3-13-5)9-7(18)6(17)4(23-9)2-22-24(19,20)21/h3-4,6-7,9,17-18H,2H2,1H3,(H2,12,14)(H2,19,20,21)/t4-,6?,7?,9-/m1/s1. The van der Waals surface area contributed by atoms with Gasteiger partial charge in [-0.25, -0.2) is 9.55 Å². The van der Waals surface area contributed by atoms with E-state index in [2.05, 4.69) is 14.5 Å². The summed E-state index contributed by atoms with van der Waals surface area (Å²) in [6, 6.07) is 0. The summed E-state index contributed by atoms with van der Waals surface area (Å²) in [6.45, 7) is -0.609. The molecule has 138 valence electrons. The maximum atomic E-state index is 10.8. The minimum atomic E-state index is -4.74. The molecule has 2 aromatic rings. The van der Waals surface area contributed by atoms with E-state index in [-0.39, 0.29) is 11.6 Å². The largest absolute Gasteiger partial charge is 0.469 e. The summed E-state index contributed by atoms with van der Waals surface area (Å²) in [5.41, 5.74) is 6.38. The maximum Gasteiger partial charge on any atom is 0.469 e. The number of anilines is 1. The van der Waals surface area contributed by atoms with Crippen LogP contribution in [0, 0.1) is 4.64 Å². The van der Waals surface area contributed by atoms with E-state index in [1.165, 1.54) is 15.5 Å². The van der Waals surface area contributed by atoms with Crippen LogP contribution in [0.1, 0.15) is 6.23 Å². The predicted octanol–water partition coefficient (Wildman–Crippen LogP) is -1.19. The number of nitrogen functional groups attached to an aromatic ring is 1. The van der Waals surface area contributed by atoms with E-state index in [9.17, 15) is 14.8 Å². The number of aliphatic hydroxyl groups excluding tert-OH is 2. The van der Waals surface area contributed by atoms with Crippen molar-refractivity contribution in [2.75, 3.05) is 12.3 Å². The van der Waals surface area contributed by atoms with Crippen LogP contribution >= 0.6 is 20.0 Å². The Bertz CT molecular complexity index is 910. The van der Waals surface area contributed by atoms with Crippen molar-refractivity contribution in [1.29, 1.82) is 0 Å².